The lowest BCUT2D eigenvalue weighted by Crippen LogP contribution is -2.23. The molecule has 3 aromatic rings. The number of rotatable bonds is 11. The average molecular weight is 481 g/mol. The SMILES string of the molecule is CCCCOC1=CC(OCOCC)=C(C(C)C)CC1c1n[nH]c(=O)n1-c1ccc2c(ccn2C)c1. The molecule has 1 N–H and O–H groups in total. The molecule has 0 fully saturated rings. The third kappa shape index (κ3) is 5.22. The molecule has 188 valence electrons. The van der Waals surface area contributed by atoms with Crippen molar-refractivity contribution in [1.29, 1.82) is 0 Å². The Balaban J connectivity index is 1.76. The van der Waals surface area contributed by atoms with Gasteiger partial charge in [-0.05, 0) is 55.5 Å². The molecule has 0 radical (unpaired) electrons. The van der Waals surface area contributed by atoms with E-state index in [1.807, 2.05) is 50.5 Å². The highest BCUT2D eigenvalue weighted by Crippen LogP contribution is 2.40. The molecule has 0 aliphatic heterocycles. The van der Waals surface area contributed by atoms with Crippen LogP contribution in [0.1, 0.15) is 58.7 Å². The van der Waals surface area contributed by atoms with E-state index in [0.29, 0.717) is 25.5 Å². The minimum atomic E-state index is -0.267. The molecule has 8 heteroatoms. The Hall–Kier alpha value is -3.26. The standard InChI is InChI=1S/C27H36N4O4/c1-6-8-13-34-25-16-24(35-17-33-7-2)21(18(3)4)15-22(25)26-28-29-27(32)31(26)20-9-10-23-19(14-20)11-12-30(23)5/h9-12,14,16,18,22H,6-8,13,15,17H2,1-5H3,(H,29,32). The Morgan fingerprint density at radius 3 is 2.77 bits per heavy atom. The summed E-state index contributed by atoms with van der Waals surface area (Å²) in [5.74, 6) is 2.22. The van der Waals surface area contributed by atoms with Crippen LogP contribution in [-0.2, 0) is 21.3 Å². The van der Waals surface area contributed by atoms with Crippen LogP contribution in [0.4, 0.5) is 0 Å². The van der Waals surface area contributed by atoms with Crippen molar-refractivity contribution in [1.82, 2.24) is 19.3 Å². The van der Waals surface area contributed by atoms with Crippen LogP contribution in [0.2, 0.25) is 0 Å². The van der Waals surface area contributed by atoms with Gasteiger partial charge in [0.05, 0.1) is 18.2 Å². The first-order chi connectivity index (χ1) is 16.9. The minimum absolute atomic E-state index is 0.190. The third-order valence-electron chi connectivity index (χ3n) is 6.46. The van der Waals surface area contributed by atoms with Crippen molar-refractivity contribution in [3.63, 3.8) is 0 Å². The maximum Gasteiger partial charge on any atom is 0.347 e. The van der Waals surface area contributed by atoms with Gasteiger partial charge in [-0.15, -0.1) is 0 Å². The average Bonchev–Trinajstić information content (AvgIpc) is 3.41. The number of fused-ring (bicyclic) bond motifs is 1. The van der Waals surface area contributed by atoms with Gasteiger partial charge in [0, 0.05) is 36.8 Å². The van der Waals surface area contributed by atoms with Gasteiger partial charge in [0.25, 0.3) is 0 Å². The number of aryl methyl sites for hydroxylation is 1. The zero-order valence-corrected chi connectivity index (χ0v) is 21.3. The van der Waals surface area contributed by atoms with Crippen LogP contribution in [0, 0.1) is 5.92 Å². The summed E-state index contributed by atoms with van der Waals surface area (Å²) in [7, 11) is 2.01. The van der Waals surface area contributed by atoms with Gasteiger partial charge in [-0.3, -0.25) is 0 Å². The van der Waals surface area contributed by atoms with Crippen LogP contribution in [0.5, 0.6) is 0 Å². The molecular weight excluding hydrogens is 444 g/mol. The quantitative estimate of drug-likeness (QED) is 0.303. The molecule has 1 unspecified atom stereocenters. The number of hydrogen-bond acceptors (Lipinski definition) is 5. The van der Waals surface area contributed by atoms with E-state index in [2.05, 4.69) is 35.5 Å². The zero-order valence-electron chi connectivity index (χ0n) is 21.3. The minimum Gasteiger partial charge on any atom is -0.497 e. The predicted molar refractivity (Wildman–Crippen MR) is 136 cm³/mol. The van der Waals surface area contributed by atoms with Gasteiger partial charge in [0.15, 0.2) is 6.79 Å². The van der Waals surface area contributed by atoms with Crippen LogP contribution < -0.4 is 5.69 Å². The maximum absolute atomic E-state index is 13.0. The van der Waals surface area contributed by atoms with Crippen LogP contribution in [-0.4, -0.2) is 39.3 Å². The predicted octanol–water partition coefficient (Wildman–Crippen LogP) is 5.16. The second kappa shape index (κ2) is 11.0. The van der Waals surface area contributed by atoms with Gasteiger partial charge in [-0.1, -0.05) is 27.2 Å². The number of nitrogens with zero attached hydrogens (tertiary/aromatic N) is 3. The fourth-order valence-electron chi connectivity index (χ4n) is 4.48. The molecule has 0 amide bonds. The van der Waals surface area contributed by atoms with Crippen molar-refractivity contribution >= 4 is 10.9 Å². The summed E-state index contributed by atoms with van der Waals surface area (Å²) >= 11 is 0. The van der Waals surface area contributed by atoms with Gasteiger partial charge >= 0.3 is 5.69 Å². The summed E-state index contributed by atoms with van der Waals surface area (Å²) in [5.41, 5.74) is 2.77. The highest BCUT2D eigenvalue weighted by Gasteiger charge is 2.33. The van der Waals surface area contributed by atoms with Crippen molar-refractivity contribution in [2.45, 2.75) is 52.9 Å². The van der Waals surface area contributed by atoms with Crippen LogP contribution in [0.15, 0.2) is 58.4 Å². The second-order valence-electron chi connectivity index (χ2n) is 9.20. The molecule has 0 bridgehead atoms. The smallest absolute Gasteiger partial charge is 0.347 e. The molecule has 1 aliphatic rings. The monoisotopic (exact) mass is 480 g/mol. The number of nitrogens with one attached hydrogen (secondary N) is 1. The number of aromatic nitrogens is 4. The van der Waals surface area contributed by atoms with E-state index in [-0.39, 0.29) is 24.3 Å². The highest BCUT2D eigenvalue weighted by atomic mass is 16.7. The lowest BCUT2D eigenvalue weighted by atomic mass is 9.85. The van der Waals surface area contributed by atoms with Gasteiger partial charge < -0.3 is 18.8 Å². The number of H-pyrrole nitrogens is 1. The molecule has 35 heavy (non-hydrogen) atoms. The normalized spacial score (nSPS) is 16.3. The molecule has 0 spiro atoms. The van der Waals surface area contributed by atoms with Gasteiger partial charge in [0.2, 0.25) is 0 Å². The first kappa shape index (κ1) is 24.9. The molecule has 2 aromatic heterocycles. The maximum atomic E-state index is 13.0. The van der Waals surface area contributed by atoms with Crippen molar-refractivity contribution < 1.29 is 14.2 Å². The van der Waals surface area contributed by atoms with Gasteiger partial charge in [-0.2, -0.15) is 5.10 Å². The third-order valence-corrected chi connectivity index (χ3v) is 6.46. The highest BCUT2D eigenvalue weighted by molar-refractivity contribution is 5.82. The number of benzene rings is 1. The lowest BCUT2D eigenvalue weighted by molar-refractivity contribution is -0.0165. The number of aromatic amines is 1. The number of hydrogen-bond donors (Lipinski definition) is 1. The van der Waals surface area contributed by atoms with E-state index in [1.165, 1.54) is 0 Å². The molecular formula is C27H36N4O4. The molecule has 8 nitrogen and oxygen atoms in total. The van der Waals surface area contributed by atoms with Crippen molar-refractivity contribution in [2.75, 3.05) is 20.0 Å². The summed E-state index contributed by atoms with van der Waals surface area (Å²) in [4.78, 5) is 13.0. The zero-order chi connectivity index (χ0) is 24.9. The van der Waals surface area contributed by atoms with Crippen LogP contribution in [0.25, 0.3) is 16.6 Å². The molecule has 0 saturated heterocycles. The lowest BCUT2D eigenvalue weighted by Gasteiger charge is -2.29. The molecule has 1 atom stereocenters. The van der Waals surface area contributed by atoms with Crippen molar-refractivity contribution in [3.8, 4) is 5.69 Å². The number of unbranched alkanes of at least 4 members (excludes halogenated alkanes) is 1. The second-order valence-corrected chi connectivity index (χ2v) is 9.20. The Morgan fingerprint density at radius 1 is 1.20 bits per heavy atom. The Labute approximate surface area is 206 Å². The van der Waals surface area contributed by atoms with Crippen molar-refractivity contribution in [3.05, 3.63) is 69.9 Å². The summed E-state index contributed by atoms with van der Waals surface area (Å²) in [6, 6.07) is 8.06. The van der Waals surface area contributed by atoms with Gasteiger partial charge in [-0.25, -0.2) is 14.5 Å². The molecule has 2 heterocycles. The van der Waals surface area contributed by atoms with Crippen molar-refractivity contribution in [2.24, 2.45) is 13.0 Å². The summed E-state index contributed by atoms with van der Waals surface area (Å²) in [6.45, 7) is 9.74. The Kier molecular flexibility index (Phi) is 7.80. The van der Waals surface area contributed by atoms with E-state index in [1.54, 1.807) is 4.57 Å². The van der Waals surface area contributed by atoms with Gasteiger partial charge in [0.1, 0.15) is 17.3 Å². The van der Waals surface area contributed by atoms with E-state index >= 15 is 0 Å². The topological polar surface area (TPSA) is 83.3 Å². The van der Waals surface area contributed by atoms with E-state index < -0.39 is 0 Å². The molecule has 1 aromatic carbocycles. The Morgan fingerprint density at radius 2 is 2.03 bits per heavy atom. The largest absolute Gasteiger partial charge is 0.497 e. The first-order valence-corrected chi connectivity index (χ1v) is 12.4. The summed E-state index contributed by atoms with van der Waals surface area (Å²) in [5, 5.41) is 8.23. The van der Waals surface area contributed by atoms with Crippen LogP contribution >= 0.6 is 0 Å². The number of ether oxygens (including phenoxy) is 3. The summed E-state index contributed by atoms with van der Waals surface area (Å²) < 4.78 is 21.4. The van der Waals surface area contributed by atoms with E-state index in [4.69, 9.17) is 14.2 Å². The fourth-order valence-corrected chi connectivity index (χ4v) is 4.48. The first-order valence-electron chi connectivity index (χ1n) is 12.4. The van der Waals surface area contributed by atoms with E-state index in [9.17, 15) is 4.79 Å². The van der Waals surface area contributed by atoms with Crippen LogP contribution in [0.3, 0.4) is 0 Å². The number of allylic oxidation sites excluding steroid dienone is 3. The Bertz CT molecular complexity index is 1280. The molecule has 1 aliphatic carbocycles. The molecule has 4 rings (SSSR count). The fraction of sp³-hybridized carbons (Fsp3) is 0.481. The van der Waals surface area contributed by atoms with E-state index in [0.717, 1.165) is 46.5 Å². The summed E-state index contributed by atoms with van der Waals surface area (Å²) in [6.07, 6.45) is 6.60. The molecule has 0 saturated carbocycles.